The molecule has 74 valence electrons. The fourth-order valence-corrected chi connectivity index (χ4v) is 2.32. The molecule has 1 aliphatic carbocycles. The summed E-state index contributed by atoms with van der Waals surface area (Å²) in [4.78, 5) is 10.5. The lowest BCUT2D eigenvalue weighted by molar-refractivity contribution is -0.108. The molecule has 0 aliphatic heterocycles. The van der Waals surface area contributed by atoms with E-state index < -0.39 is 0 Å². The number of rotatable bonds is 2. The third-order valence-corrected chi connectivity index (χ3v) is 2.96. The third-order valence-electron chi connectivity index (χ3n) is 2.96. The Morgan fingerprint density at radius 3 is 3.14 bits per heavy atom. The molecule has 0 amide bonds. The second-order valence-corrected chi connectivity index (χ2v) is 3.84. The molecular weight excluding hydrogens is 176 g/mol. The Bertz CT molecular complexity index is 344. The third kappa shape index (κ3) is 1.52. The molecule has 1 aromatic carbocycles. The summed E-state index contributed by atoms with van der Waals surface area (Å²) in [6, 6.07) is 5.63. The molecule has 0 spiro atoms. The Balaban J connectivity index is 2.41. The minimum absolute atomic E-state index is 0.234. The summed E-state index contributed by atoms with van der Waals surface area (Å²) in [5, 5.41) is 9.74. The maximum atomic E-state index is 10.5. The normalized spacial score (nSPS) is 20.1. The molecular formula is C12H14O2. The predicted octanol–water partition coefficient (Wildman–Crippen LogP) is 2.40. The van der Waals surface area contributed by atoms with Gasteiger partial charge in [-0.1, -0.05) is 12.1 Å². The monoisotopic (exact) mass is 190 g/mol. The highest BCUT2D eigenvalue weighted by Crippen LogP contribution is 2.38. The van der Waals surface area contributed by atoms with Crippen LogP contribution in [0.3, 0.4) is 0 Å². The molecule has 2 rings (SSSR count). The first-order valence-electron chi connectivity index (χ1n) is 5.07. The fourth-order valence-electron chi connectivity index (χ4n) is 2.32. The Kier molecular flexibility index (Phi) is 2.53. The zero-order valence-electron chi connectivity index (χ0n) is 8.07. The van der Waals surface area contributed by atoms with Crippen molar-refractivity contribution < 1.29 is 9.90 Å². The molecule has 2 nitrogen and oxygen atoms in total. The average Bonchev–Trinajstić information content (AvgIpc) is 2.19. The number of phenolic OH excluding ortho intramolecular Hbond substituents is 1. The van der Waals surface area contributed by atoms with Gasteiger partial charge in [-0.2, -0.15) is 0 Å². The zero-order valence-corrected chi connectivity index (χ0v) is 8.07. The van der Waals surface area contributed by atoms with Crippen molar-refractivity contribution in [2.45, 2.75) is 31.6 Å². The van der Waals surface area contributed by atoms with E-state index in [9.17, 15) is 9.90 Å². The number of fused-ring (bicyclic) bond motifs is 1. The molecule has 0 saturated carbocycles. The first kappa shape index (κ1) is 9.25. The maximum absolute atomic E-state index is 10.5. The number of carbonyl (C=O) groups is 1. The standard InChI is InChI=1S/C12H14O2/c13-8-7-10-4-1-3-9-5-2-6-11(14)12(9)10/h2,5-6,8,10,14H,1,3-4,7H2. The van der Waals surface area contributed by atoms with Crippen LogP contribution in [-0.2, 0) is 11.2 Å². The van der Waals surface area contributed by atoms with Crippen molar-refractivity contribution in [3.63, 3.8) is 0 Å². The van der Waals surface area contributed by atoms with Crippen LogP contribution in [0.25, 0.3) is 0 Å². The van der Waals surface area contributed by atoms with Gasteiger partial charge >= 0.3 is 0 Å². The van der Waals surface area contributed by atoms with Crippen molar-refractivity contribution in [2.24, 2.45) is 0 Å². The summed E-state index contributed by atoms with van der Waals surface area (Å²) in [5.41, 5.74) is 2.22. The molecule has 14 heavy (non-hydrogen) atoms. The first-order valence-corrected chi connectivity index (χ1v) is 5.07. The molecule has 0 saturated heterocycles. The Hall–Kier alpha value is -1.31. The van der Waals surface area contributed by atoms with Crippen molar-refractivity contribution in [3.05, 3.63) is 29.3 Å². The topological polar surface area (TPSA) is 37.3 Å². The summed E-state index contributed by atoms with van der Waals surface area (Å²) >= 11 is 0. The summed E-state index contributed by atoms with van der Waals surface area (Å²) in [5.74, 6) is 0.589. The van der Waals surface area contributed by atoms with Crippen LogP contribution in [0.4, 0.5) is 0 Å². The van der Waals surface area contributed by atoms with Crippen molar-refractivity contribution in [1.29, 1.82) is 0 Å². The number of aryl methyl sites for hydroxylation is 1. The molecule has 1 unspecified atom stereocenters. The van der Waals surface area contributed by atoms with E-state index in [-0.39, 0.29) is 5.92 Å². The highest BCUT2D eigenvalue weighted by atomic mass is 16.3. The highest BCUT2D eigenvalue weighted by Gasteiger charge is 2.22. The summed E-state index contributed by atoms with van der Waals surface area (Å²) < 4.78 is 0. The van der Waals surface area contributed by atoms with Crippen molar-refractivity contribution in [1.82, 2.24) is 0 Å². The number of hydrogen-bond donors (Lipinski definition) is 1. The van der Waals surface area contributed by atoms with Gasteiger partial charge in [-0.05, 0) is 36.8 Å². The van der Waals surface area contributed by atoms with Gasteiger partial charge in [0.2, 0.25) is 0 Å². The van der Waals surface area contributed by atoms with Crippen LogP contribution in [-0.4, -0.2) is 11.4 Å². The molecule has 0 radical (unpaired) electrons. The zero-order chi connectivity index (χ0) is 9.97. The van der Waals surface area contributed by atoms with Crippen LogP contribution >= 0.6 is 0 Å². The molecule has 1 N–H and O–H groups in total. The Labute approximate surface area is 83.6 Å². The highest BCUT2D eigenvalue weighted by molar-refractivity contribution is 5.54. The number of hydrogen-bond acceptors (Lipinski definition) is 2. The van der Waals surface area contributed by atoms with Gasteiger partial charge in [0.25, 0.3) is 0 Å². The lowest BCUT2D eigenvalue weighted by Gasteiger charge is -2.24. The number of phenols is 1. The van der Waals surface area contributed by atoms with Crippen LogP contribution in [0.2, 0.25) is 0 Å². The number of aromatic hydroxyl groups is 1. The van der Waals surface area contributed by atoms with Crippen LogP contribution in [0.15, 0.2) is 18.2 Å². The molecule has 2 heteroatoms. The molecule has 0 heterocycles. The first-order chi connectivity index (χ1) is 6.83. The average molecular weight is 190 g/mol. The lowest BCUT2D eigenvalue weighted by atomic mass is 9.81. The van der Waals surface area contributed by atoms with Gasteiger partial charge in [-0.15, -0.1) is 0 Å². The van der Waals surface area contributed by atoms with Gasteiger partial charge in [-0.3, -0.25) is 0 Å². The second kappa shape index (κ2) is 3.82. The van der Waals surface area contributed by atoms with Gasteiger partial charge in [0.1, 0.15) is 12.0 Å². The minimum atomic E-state index is 0.234. The number of benzene rings is 1. The van der Waals surface area contributed by atoms with E-state index in [1.54, 1.807) is 6.07 Å². The summed E-state index contributed by atoms with van der Waals surface area (Å²) in [6.45, 7) is 0. The van der Waals surface area contributed by atoms with Gasteiger partial charge in [0, 0.05) is 12.0 Å². The van der Waals surface area contributed by atoms with Crippen molar-refractivity contribution in [2.75, 3.05) is 0 Å². The fraction of sp³-hybridized carbons (Fsp3) is 0.417. The van der Waals surface area contributed by atoms with E-state index in [1.165, 1.54) is 5.56 Å². The molecule has 1 aliphatic rings. The number of aldehydes is 1. The molecule has 0 bridgehead atoms. The van der Waals surface area contributed by atoms with E-state index in [1.807, 2.05) is 12.1 Å². The van der Waals surface area contributed by atoms with E-state index >= 15 is 0 Å². The van der Waals surface area contributed by atoms with E-state index in [2.05, 4.69) is 0 Å². The lowest BCUT2D eigenvalue weighted by Crippen LogP contribution is -2.10. The quantitative estimate of drug-likeness (QED) is 0.727. The summed E-state index contributed by atoms with van der Waals surface area (Å²) in [7, 11) is 0. The van der Waals surface area contributed by atoms with E-state index in [0.29, 0.717) is 12.2 Å². The smallest absolute Gasteiger partial charge is 0.120 e. The molecule has 0 aromatic heterocycles. The minimum Gasteiger partial charge on any atom is -0.508 e. The molecule has 1 aromatic rings. The maximum Gasteiger partial charge on any atom is 0.120 e. The SMILES string of the molecule is O=CCC1CCCc2cccc(O)c21. The molecule has 1 atom stereocenters. The van der Waals surface area contributed by atoms with E-state index in [4.69, 9.17) is 0 Å². The largest absolute Gasteiger partial charge is 0.508 e. The van der Waals surface area contributed by atoms with Crippen LogP contribution in [0.1, 0.15) is 36.3 Å². The summed E-state index contributed by atoms with van der Waals surface area (Å²) in [6.07, 6.45) is 4.65. The van der Waals surface area contributed by atoms with Crippen molar-refractivity contribution >= 4 is 6.29 Å². The second-order valence-electron chi connectivity index (χ2n) is 3.84. The van der Waals surface area contributed by atoms with Crippen LogP contribution in [0, 0.1) is 0 Å². The van der Waals surface area contributed by atoms with E-state index in [0.717, 1.165) is 31.1 Å². The van der Waals surface area contributed by atoms with Gasteiger partial charge in [-0.25, -0.2) is 0 Å². The van der Waals surface area contributed by atoms with Crippen molar-refractivity contribution in [3.8, 4) is 5.75 Å². The van der Waals surface area contributed by atoms with Crippen LogP contribution in [0.5, 0.6) is 5.75 Å². The van der Waals surface area contributed by atoms with Crippen LogP contribution < -0.4 is 0 Å². The van der Waals surface area contributed by atoms with Gasteiger partial charge in [0.15, 0.2) is 0 Å². The Morgan fingerprint density at radius 1 is 1.50 bits per heavy atom. The van der Waals surface area contributed by atoms with Gasteiger partial charge in [0.05, 0.1) is 0 Å². The molecule has 0 fully saturated rings. The Morgan fingerprint density at radius 2 is 2.36 bits per heavy atom. The predicted molar refractivity (Wildman–Crippen MR) is 54.5 cm³/mol. The van der Waals surface area contributed by atoms with Gasteiger partial charge < -0.3 is 9.90 Å². The number of carbonyl (C=O) groups excluding carboxylic acids is 1.